The second kappa shape index (κ2) is 1.73. The summed E-state index contributed by atoms with van der Waals surface area (Å²) in [4.78, 5) is 21.6. The van der Waals surface area contributed by atoms with E-state index in [9.17, 15) is 9.59 Å². The van der Waals surface area contributed by atoms with Crippen LogP contribution in [-0.2, 0) is 14.3 Å². The number of ether oxygens (including phenoxy) is 1. The highest BCUT2D eigenvalue weighted by Gasteiger charge is 2.63. The van der Waals surface area contributed by atoms with Gasteiger partial charge in [-0.3, -0.25) is 4.79 Å². The summed E-state index contributed by atoms with van der Waals surface area (Å²) in [6.07, 6.45) is -0.278. The van der Waals surface area contributed by atoms with Crippen LogP contribution in [0.25, 0.3) is 0 Å². The summed E-state index contributed by atoms with van der Waals surface area (Å²) in [7, 11) is 0. The lowest BCUT2D eigenvalue weighted by atomic mass is 9.90. The molecule has 2 atom stereocenters. The van der Waals surface area contributed by atoms with Crippen LogP contribution in [-0.4, -0.2) is 35.2 Å². The van der Waals surface area contributed by atoms with Crippen molar-refractivity contribution < 1.29 is 19.4 Å². The van der Waals surface area contributed by atoms with Crippen molar-refractivity contribution in [3.05, 3.63) is 0 Å². The molecule has 1 amide bonds. The standard InChI is InChI=1S/C6H7NO4/c8-2-6-3(11-5(6)10)1-4(9)7-6/h3,8H,1-2H2,(H,7,9)/t3-,6+/m0/s1. The Balaban J connectivity index is 2.28. The third-order valence-corrected chi connectivity index (χ3v) is 2.15. The molecule has 2 heterocycles. The quantitative estimate of drug-likeness (QED) is 0.439. The highest BCUT2D eigenvalue weighted by atomic mass is 16.6. The van der Waals surface area contributed by atoms with Gasteiger partial charge in [0.05, 0.1) is 13.0 Å². The molecule has 2 fully saturated rings. The first kappa shape index (κ1) is 6.60. The molecule has 0 aromatic rings. The number of esters is 1. The van der Waals surface area contributed by atoms with Gasteiger partial charge in [0.1, 0.15) is 6.10 Å². The maximum atomic E-state index is 10.8. The second-order valence-electron chi connectivity index (χ2n) is 2.78. The Morgan fingerprint density at radius 2 is 2.45 bits per heavy atom. The van der Waals surface area contributed by atoms with Crippen LogP contribution >= 0.6 is 0 Å². The van der Waals surface area contributed by atoms with Crippen LogP contribution in [0.15, 0.2) is 0 Å². The first-order valence-corrected chi connectivity index (χ1v) is 3.32. The molecule has 0 radical (unpaired) electrons. The first-order valence-electron chi connectivity index (χ1n) is 3.32. The minimum atomic E-state index is -1.10. The van der Waals surface area contributed by atoms with E-state index in [0.29, 0.717) is 0 Å². The summed E-state index contributed by atoms with van der Waals surface area (Å²) in [5, 5.41) is 11.2. The number of nitrogens with one attached hydrogen (secondary N) is 1. The van der Waals surface area contributed by atoms with Gasteiger partial charge in [-0.15, -0.1) is 0 Å². The van der Waals surface area contributed by atoms with Crippen molar-refractivity contribution in [2.24, 2.45) is 0 Å². The molecule has 2 aliphatic heterocycles. The molecule has 0 aromatic carbocycles. The van der Waals surface area contributed by atoms with Crippen molar-refractivity contribution in [1.82, 2.24) is 5.32 Å². The minimum absolute atomic E-state index is 0.173. The summed E-state index contributed by atoms with van der Waals surface area (Å²) < 4.78 is 4.65. The fourth-order valence-electron chi connectivity index (χ4n) is 1.43. The van der Waals surface area contributed by atoms with Gasteiger partial charge in [-0.25, -0.2) is 4.79 Å². The Morgan fingerprint density at radius 3 is 2.82 bits per heavy atom. The normalized spacial score (nSPS) is 40.6. The summed E-state index contributed by atoms with van der Waals surface area (Å²) >= 11 is 0. The number of aliphatic hydroxyl groups is 1. The van der Waals surface area contributed by atoms with E-state index in [4.69, 9.17) is 5.11 Å². The van der Waals surface area contributed by atoms with E-state index >= 15 is 0 Å². The molecule has 0 spiro atoms. The zero-order chi connectivity index (χ0) is 8.06. The summed E-state index contributed by atoms with van der Waals surface area (Å²) in [5.74, 6) is -0.772. The number of carbonyl (C=O) groups is 2. The van der Waals surface area contributed by atoms with Gasteiger partial charge >= 0.3 is 5.97 Å². The average molecular weight is 157 g/mol. The lowest BCUT2D eigenvalue weighted by Gasteiger charge is -2.39. The molecule has 11 heavy (non-hydrogen) atoms. The van der Waals surface area contributed by atoms with Crippen LogP contribution in [0.2, 0.25) is 0 Å². The topological polar surface area (TPSA) is 75.6 Å². The fourth-order valence-corrected chi connectivity index (χ4v) is 1.43. The Kier molecular flexibility index (Phi) is 1.04. The lowest BCUT2D eigenvalue weighted by Crippen LogP contribution is -2.68. The van der Waals surface area contributed by atoms with Crippen molar-refractivity contribution in [2.75, 3.05) is 6.61 Å². The largest absolute Gasteiger partial charge is 0.457 e. The van der Waals surface area contributed by atoms with Gasteiger partial charge in [0.2, 0.25) is 5.91 Å². The maximum absolute atomic E-state index is 10.8. The molecule has 0 unspecified atom stereocenters. The molecule has 2 N–H and O–H groups in total. The number of hydrogen-bond acceptors (Lipinski definition) is 4. The van der Waals surface area contributed by atoms with Gasteiger partial charge in [0, 0.05) is 0 Å². The highest BCUT2D eigenvalue weighted by Crippen LogP contribution is 2.34. The molecular weight excluding hydrogens is 150 g/mol. The van der Waals surface area contributed by atoms with Crippen molar-refractivity contribution in [1.29, 1.82) is 0 Å². The number of carbonyl (C=O) groups excluding carboxylic acids is 2. The van der Waals surface area contributed by atoms with Crippen molar-refractivity contribution in [3.63, 3.8) is 0 Å². The molecule has 0 bridgehead atoms. The molecule has 5 nitrogen and oxygen atoms in total. The van der Waals surface area contributed by atoms with E-state index in [1.54, 1.807) is 0 Å². The van der Waals surface area contributed by atoms with Crippen LogP contribution in [0.3, 0.4) is 0 Å². The maximum Gasteiger partial charge on any atom is 0.338 e. The summed E-state index contributed by atoms with van der Waals surface area (Å²) in [5.41, 5.74) is -1.10. The smallest absolute Gasteiger partial charge is 0.338 e. The van der Waals surface area contributed by atoms with Gasteiger partial charge in [0.15, 0.2) is 5.54 Å². The number of hydrogen-bond donors (Lipinski definition) is 2. The molecule has 2 saturated heterocycles. The van der Waals surface area contributed by atoms with Crippen LogP contribution in [0.5, 0.6) is 0 Å². The number of rotatable bonds is 1. The number of amides is 1. The van der Waals surface area contributed by atoms with Gasteiger partial charge < -0.3 is 15.2 Å². The van der Waals surface area contributed by atoms with Gasteiger partial charge in [-0.2, -0.15) is 0 Å². The van der Waals surface area contributed by atoms with E-state index in [2.05, 4.69) is 10.1 Å². The third kappa shape index (κ3) is 0.586. The predicted molar refractivity (Wildman–Crippen MR) is 32.5 cm³/mol. The number of aliphatic hydroxyl groups excluding tert-OH is 1. The Bertz CT molecular complexity index is 239. The fraction of sp³-hybridized carbons (Fsp3) is 0.667. The van der Waals surface area contributed by atoms with Gasteiger partial charge in [-0.05, 0) is 0 Å². The average Bonchev–Trinajstić information content (AvgIpc) is 2.23. The number of fused-ring (bicyclic) bond motifs is 1. The monoisotopic (exact) mass is 157 g/mol. The van der Waals surface area contributed by atoms with Gasteiger partial charge in [-0.1, -0.05) is 0 Å². The SMILES string of the molecule is O=C1C[C@@H]2OC(=O)[C@]2(CO)N1. The molecule has 5 heteroatoms. The second-order valence-corrected chi connectivity index (χ2v) is 2.78. The molecule has 60 valence electrons. The van der Waals surface area contributed by atoms with E-state index in [1.807, 2.05) is 0 Å². The molecule has 0 saturated carbocycles. The molecular formula is C6H7NO4. The van der Waals surface area contributed by atoms with Crippen LogP contribution in [0.1, 0.15) is 6.42 Å². The predicted octanol–water partition coefficient (Wildman–Crippen LogP) is -1.84. The molecule has 0 aromatic heterocycles. The van der Waals surface area contributed by atoms with Crippen LogP contribution in [0, 0.1) is 0 Å². The highest BCUT2D eigenvalue weighted by molar-refractivity contribution is 5.98. The van der Waals surface area contributed by atoms with Crippen molar-refractivity contribution in [2.45, 2.75) is 18.1 Å². The summed E-state index contributed by atoms with van der Waals surface area (Å²) in [6.45, 7) is -0.373. The summed E-state index contributed by atoms with van der Waals surface area (Å²) in [6, 6.07) is 0. The zero-order valence-corrected chi connectivity index (χ0v) is 5.66. The Labute approximate surface area is 62.3 Å². The zero-order valence-electron chi connectivity index (χ0n) is 5.66. The van der Waals surface area contributed by atoms with Gasteiger partial charge in [0.25, 0.3) is 0 Å². The van der Waals surface area contributed by atoms with E-state index in [0.717, 1.165) is 0 Å². The van der Waals surface area contributed by atoms with Crippen molar-refractivity contribution in [3.8, 4) is 0 Å². The van der Waals surface area contributed by atoms with Crippen LogP contribution in [0.4, 0.5) is 0 Å². The van der Waals surface area contributed by atoms with E-state index in [-0.39, 0.29) is 18.9 Å². The minimum Gasteiger partial charge on any atom is -0.457 e. The molecule has 2 rings (SSSR count). The van der Waals surface area contributed by atoms with E-state index in [1.165, 1.54) is 0 Å². The Morgan fingerprint density at radius 1 is 1.73 bits per heavy atom. The molecule has 0 aliphatic carbocycles. The van der Waals surface area contributed by atoms with E-state index < -0.39 is 17.6 Å². The molecule has 2 aliphatic rings. The third-order valence-electron chi connectivity index (χ3n) is 2.15. The van der Waals surface area contributed by atoms with Crippen molar-refractivity contribution >= 4 is 11.9 Å². The Hall–Kier alpha value is -1.10. The first-order chi connectivity index (χ1) is 5.19. The lowest BCUT2D eigenvalue weighted by molar-refractivity contribution is -0.191. The van der Waals surface area contributed by atoms with Crippen LogP contribution < -0.4 is 5.32 Å².